The molecule has 6 heteroatoms. The molecule has 1 aliphatic heterocycles. The fourth-order valence-corrected chi connectivity index (χ4v) is 2.47. The van der Waals surface area contributed by atoms with Crippen molar-refractivity contribution in [2.24, 2.45) is 0 Å². The Balaban J connectivity index is 2.87. The molecule has 1 amide bonds. The van der Waals surface area contributed by atoms with Crippen LogP contribution < -0.4 is 0 Å². The summed E-state index contributed by atoms with van der Waals surface area (Å²) in [5.41, 5.74) is -2.24. The minimum atomic E-state index is -1.55. The molecule has 5 nitrogen and oxygen atoms in total. The first-order valence-electron chi connectivity index (χ1n) is 7.38. The molecule has 1 heterocycles. The number of ether oxygens (including phenoxy) is 2. The number of nitrogens with zero attached hydrogens (tertiary/aromatic N) is 1. The normalized spacial score (nSPS) is 25.8. The number of hydrogen-bond acceptors (Lipinski definition) is 4. The van der Waals surface area contributed by atoms with E-state index in [-0.39, 0.29) is 13.0 Å². The summed E-state index contributed by atoms with van der Waals surface area (Å²) in [6.07, 6.45) is 1.21. The predicted molar refractivity (Wildman–Crippen MR) is 76.7 cm³/mol. The van der Waals surface area contributed by atoms with Gasteiger partial charge in [-0.1, -0.05) is 19.8 Å². The predicted octanol–water partition coefficient (Wildman–Crippen LogP) is 3.07. The molecule has 0 aromatic rings. The molecule has 0 radical (unpaired) electrons. The van der Waals surface area contributed by atoms with Crippen LogP contribution in [0, 0.1) is 0 Å². The molecule has 0 bridgehead atoms. The first-order chi connectivity index (χ1) is 9.62. The number of alkyl halides is 1. The number of halogens is 1. The molecule has 0 saturated carbocycles. The second-order valence-corrected chi connectivity index (χ2v) is 6.61. The van der Waals surface area contributed by atoms with Gasteiger partial charge in [-0.2, -0.15) is 0 Å². The highest BCUT2D eigenvalue weighted by Crippen LogP contribution is 2.36. The van der Waals surface area contributed by atoms with Crippen LogP contribution in [0.4, 0.5) is 9.18 Å². The molecule has 0 N–H and O–H groups in total. The van der Waals surface area contributed by atoms with Crippen LogP contribution in [0.5, 0.6) is 0 Å². The highest BCUT2D eigenvalue weighted by atomic mass is 19.1. The fraction of sp³-hybridized carbons (Fsp3) is 0.867. The topological polar surface area (TPSA) is 55.8 Å². The first-order valence-corrected chi connectivity index (χ1v) is 7.38. The van der Waals surface area contributed by atoms with Gasteiger partial charge >= 0.3 is 12.1 Å². The van der Waals surface area contributed by atoms with E-state index in [0.29, 0.717) is 12.8 Å². The maximum absolute atomic E-state index is 14.8. The van der Waals surface area contributed by atoms with E-state index in [1.807, 2.05) is 6.92 Å². The van der Waals surface area contributed by atoms with Crippen LogP contribution in [0.2, 0.25) is 0 Å². The van der Waals surface area contributed by atoms with E-state index in [2.05, 4.69) is 4.74 Å². The van der Waals surface area contributed by atoms with Crippen molar-refractivity contribution in [2.45, 2.75) is 70.7 Å². The largest absolute Gasteiger partial charge is 0.467 e. The summed E-state index contributed by atoms with van der Waals surface area (Å²) in [5, 5.41) is 0. The molecule has 0 aliphatic carbocycles. The van der Waals surface area contributed by atoms with Gasteiger partial charge in [-0.25, -0.2) is 14.0 Å². The van der Waals surface area contributed by atoms with E-state index in [1.54, 1.807) is 20.8 Å². The number of likely N-dealkylation sites (tertiary alicyclic amines) is 1. The van der Waals surface area contributed by atoms with Gasteiger partial charge in [0.25, 0.3) is 0 Å². The summed E-state index contributed by atoms with van der Waals surface area (Å²) in [4.78, 5) is 25.2. The van der Waals surface area contributed by atoms with Gasteiger partial charge in [-0.05, 0) is 27.2 Å². The van der Waals surface area contributed by atoms with Gasteiger partial charge in [0, 0.05) is 6.42 Å². The summed E-state index contributed by atoms with van der Waals surface area (Å²) in [5.74, 6) is -0.600. The zero-order chi connectivity index (χ0) is 16.3. The van der Waals surface area contributed by atoms with Gasteiger partial charge < -0.3 is 9.47 Å². The Labute approximate surface area is 125 Å². The minimum absolute atomic E-state index is 0.0289. The van der Waals surface area contributed by atoms with Crippen LogP contribution in [0.1, 0.15) is 53.4 Å². The van der Waals surface area contributed by atoms with E-state index in [9.17, 15) is 14.0 Å². The highest BCUT2D eigenvalue weighted by molar-refractivity contribution is 5.82. The minimum Gasteiger partial charge on any atom is -0.467 e. The summed E-state index contributed by atoms with van der Waals surface area (Å²) in [6.45, 7) is 7.04. The number of carbonyl (C=O) groups excluding carboxylic acids is 2. The Bertz CT molecular complexity index is 394. The number of methoxy groups -OCH3 is 1. The Hall–Kier alpha value is -1.33. The number of esters is 1. The van der Waals surface area contributed by atoms with E-state index in [1.165, 1.54) is 7.11 Å². The lowest BCUT2D eigenvalue weighted by molar-refractivity contribution is -0.145. The van der Waals surface area contributed by atoms with Crippen LogP contribution in [0.25, 0.3) is 0 Å². The molecule has 0 spiro atoms. The van der Waals surface area contributed by atoms with Crippen molar-refractivity contribution in [3.63, 3.8) is 0 Å². The molecular weight excluding hydrogens is 277 g/mol. The molecule has 0 aromatic heterocycles. The molecule has 2 unspecified atom stereocenters. The molecule has 0 aromatic carbocycles. The molecule has 1 rings (SSSR count). The summed E-state index contributed by atoms with van der Waals surface area (Å²) in [7, 11) is 1.24. The molecule has 1 saturated heterocycles. The summed E-state index contributed by atoms with van der Waals surface area (Å²) >= 11 is 0. The first kappa shape index (κ1) is 17.7. The number of carbonyl (C=O) groups is 2. The lowest BCUT2D eigenvalue weighted by Crippen LogP contribution is -2.44. The van der Waals surface area contributed by atoms with E-state index >= 15 is 0 Å². The van der Waals surface area contributed by atoms with Crippen LogP contribution in [-0.2, 0) is 14.3 Å². The van der Waals surface area contributed by atoms with Gasteiger partial charge in [0.1, 0.15) is 17.3 Å². The Morgan fingerprint density at radius 1 is 1.38 bits per heavy atom. The average Bonchev–Trinajstić information content (AvgIpc) is 2.72. The number of rotatable bonds is 4. The van der Waals surface area contributed by atoms with Crippen molar-refractivity contribution in [1.82, 2.24) is 4.90 Å². The molecular formula is C15H26FNO4. The van der Waals surface area contributed by atoms with Crippen LogP contribution in [-0.4, -0.2) is 47.9 Å². The smallest absolute Gasteiger partial charge is 0.411 e. The van der Waals surface area contributed by atoms with Crippen molar-refractivity contribution in [1.29, 1.82) is 0 Å². The molecule has 1 aliphatic rings. The quantitative estimate of drug-likeness (QED) is 0.749. The average molecular weight is 303 g/mol. The van der Waals surface area contributed by atoms with Crippen molar-refractivity contribution < 1.29 is 23.5 Å². The van der Waals surface area contributed by atoms with Gasteiger partial charge in [-0.3, -0.25) is 4.90 Å². The molecule has 122 valence electrons. The lowest BCUT2D eigenvalue weighted by Gasteiger charge is -2.27. The van der Waals surface area contributed by atoms with Crippen molar-refractivity contribution in [2.75, 3.05) is 13.7 Å². The number of unbranched alkanes of at least 4 members (excludes halogenated alkanes) is 1. The van der Waals surface area contributed by atoms with Gasteiger partial charge in [0.05, 0.1) is 13.7 Å². The van der Waals surface area contributed by atoms with Crippen molar-refractivity contribution in [3.8, 4) is 0 Å². The van der Waals surface area contributed by atoms with Crippen LogP contribution in [0.15, 0.2) is 0 Å². The number of hydrogen-bond donors (Lipinski definition) is 0. The lowest BCUT2D eigenvalue weighted by atomic mass is 9.96. The second-order valence-electron chi connectivity index (χ2n) is 6.61. The Kier molecular flexibility index (Phi) is 5.59. The van der Waals surface area contributed by atoms with Crippen molar-refractivity contribution >= 4 is 12.1 Å². The SMILES string of the molecule is CCCCC1(F)CC(C(=O)OC)N(C(=O)OC(C)(C)C)C1. The van der Waals surface area contributed by atoms with Gasteiger partial charge in [-0.15, -0.1) is 0 Å². The standard InChI is InChI=1S/C15H26FNO4/c1-6-7-8-15(16)9-11(12(18)20-5)17(10-15)13(19)21-14(2,3)4/h11H,6-10H2,1-5H3. The Morgan fingerprint density at radius 3 is 2.48 bits per heavy atom. The zero-order valence-corrected chi connectivity index (χ0v) is 13.6. The van der Waals surface area contributed by atoms with Crippen LogP contribution >= 0.6 is 0 Å². The molecule has 1 fully saturated rings. The third-order valence-electron chi connectivity index (χ3n) is 3.47. The Morgan fingerprint density at radius 2 is 2.00 bits per heavy atom. The van der Waals surface area contributed by atoms with Gasteiger partial charge in [0.15, 0.2) is 0 Å². The van der Waals surface area contributed by atoms with E-state index in [0.717, 1.165) is 11.3 Å². The van der Waals surface area contributed by atoms with E-state index in [4.69, 9.17) is 4.74 Å². The molecule has 21 heavy (non-hydrogen) atoms. The number of amides is 1. The second kappa shape index (κ2) is 6.62. The van der Waals surface area contributed by atoms with E-state index < -0.39 is 29.4 Å². The summed E-state index contributed by atoms with van der Waals surface area (Å²) in [6, 6.07) is -0.910. The summed E-state index contributed by atoms with van der Waals surface area (Å²) < 4.78 is 24.8. The third-order valence-corrected chi connectivity index (χ3v) is 3.47. The maximum atomic E-state index is 14.8. The highest BCUT2D eigenvalue weighted by Gasteiger charge is 2.50. The zero-order valence-electron chi connectivity index (χ0n) is 13.6. The maximum Gasteiger partial charge on any atom is 0.411 e. The van der Waals surface area contributed by atoms with Crippen molar-refractivity contribution in [3.05, 3.63) is 0 Å². The monoisotopic (exact) mass is 303 g/mol. The fourth-order valence-electron chi connectivity index (χ4n) is 2.47. The van der Waals surface area contributed by atoms with Gasteiger partial charge in [0.2, 0.25) is 0 Å². The third kappa shape index (κ3) is 4.86. The van der Waals surface area contributed by atoms with Crippen LogP contribution in [0.3, 0.4) is 0 Å². The molecule has 2 atom stereocenters.